The van der Waals surface area contributed by atoms with Crippen molar-refractivity contribution in [2.75, 3.05) is 20.3 Å². The van der Waals surface area contributed by atoms with Gasteiger partial charge in [0, 0.05) is 11.5 Å². The Labute approximate surface area is 211 Å². The van der Waals surface area contributed by atoms with E-state index in [9.17, 15) is 0 Å². The fraction of sp³-hybridized carbons (Fsp3) is 0.556. The number of rotatable bonds is 15. The van der Waals surface area contributed by atoms with E-state index in [2.05, 4.69) is 43.9 Å². The van der Waals surface area contributed by atoms with E-state index in [1.165, 1.54) is 0 Å². The lowest BCUT2D eigenvalue weighted by Crippen LogP contribution is -2.48. The van der Waals surface area contributed by atoms with Crippen LogP contribution >= 0.6 is 0 Å². The zero-order valence-electron chi connectivity index (χ0n) is 22.1. The van der Waals surface area contributed by atoms with E-state index in [4.69, 9.17) is 24.2 Å². The lowest BCUT2D eigenvalue weighted by Gasteiger charge is -2.41. The fourth-order valence-corrected chi connectivity index (χ4v) is 4.69. The van der Waals surface area contributed by atoms with E-state index in [1.54, 1.807) is 7.11 Å². The van der Waals surface area contributed by atoms with Crippen molar-refractivity contribution in [1.82, 2.24) is 0 Å². The fourth-order valence-electron chi connectivity index (χ4n) is 3.36. The van der Waals surface area contributed by atoms with E-state index >= 15 is 0 Å². The third-order valence-electron chi connectivity index (χ3n) is 6.50. The average molecular weight is 500 g/mol. The molecule has 0 aromatic heterocycles. The minimum absolute atomic E-state index is 0.0348. The molecule has 7 nitrogen and oxygen atoms in total. The minimum Gasteiger partial charge on any atom is -0.497 e. The summed E-state index contributed by atoms with van der Waals surface area (Å²) in [6.45, 7) is 12.9. The molecule has 0 amide bonds. The molecule has 2 aromatic carbocycles. The van der Waals surface area contributed by atoms with Crippen LogP contribution in [0.15, 0.2) is 59.7 Å². The Kier molecular flexibility index (Phi) is 11.8. The molecule has 0 bridgehead atoms. The molecule has 0 aliphatic carbocycles. The first-order valence-electron chi connectivity index (χ1n) is 12.2. The second kappa shape index (κ2) is 14.3. The van der Waals surface area contributed by atoms with E-state index < -0.39 is 8.32 Å². The van der Waals surface area contributed by atoms with E-state index in [-0.39, 0.29) is 23.8 Å². The number of azide groups is 1. The molecular weight excluding hydrogens is 458 g/mol. The summed E-state index contributed by atoms with van der Waals surface area (Å²) in [5.41, 5.74) is 11.2. The number of nitrogens with zero attached hydrogens (tertiary/aromatic N) is 3. The van der Waals surface area contributed by atoms with Crippen LogP contribution in [0.4, 0.5) is 0 Å². The quantitative estimate of drug-likeness (QED) is 0.0847. The van der Waals surface area contributed by atoms with Crippen LogP contribution in [0.5, 0.6) is 5.75 Å². The van der Waals surface area contributed by atoms with Crippen molar-refractivity contribution in [3.8, 4) is 5.75 Å². The number of methoxy groups -OCH3 is 1. The minimum atomic E-state index is -2.10. The zero-order valence-corrected chi connectivity index (χ0v) is 23.1. The third-order valence-corrected chi connectivity index (χ3v) is 11.0. The molecule has 0 heterocycles. The van der Waals surface area contributed by atoms with Gasteiger partial charge in [-0.3, -0.25) is 0 Å². The molecule has 0 saturated carbocycles. The molecule has 0 saturated heterocycles. The molecule has 0 unspecified atom stereocenters. The molecule has 0 aliphatic rings. The summed E-state index contributed by atoms with van der Waals surface area (Å²) in [5.74, 6) is 0.833. The van der Waals surface area contributed by atoms with Crippen LogP contribution in [-0.4, -0.2) is 40.8 Å². The second-order valence-corrected chi connectivity index (χ2v) is 15.0. The Bertz CT molecular complexity index is 910. The van der Waals surface area contributed by atoms with Crippen LogP contribution in [0.3, 0.4) is 0 Å². The Hall–Kier alpha value is -2.35. The van der Waals surface area contributed by atoms with Crippen LogP contribution in [0.2, 0.25) is 18.1 Å². The van der Waals surface area contributed by atoms with Crippen molar-refractivity contribution in [2.24, 2.45) is 5.11 Å². The van der Waals surface area contributed by atoms with Gasteiger partial charge in [-0.15, -0.1) is 0 Å². The topological polar surface area (TPSA) is 85.7 Å². The van der Waals surface area contributed by atoms with Crippen LogP contribution in [0.1, 0.15) is 44.7 Å². The van der Waals surface area contributed by atoms with Gasteiger partial charge in [0.1, 0.15) is 5.75 Å². The van der Waals surface area contributed by atoms with Gasteiger partial charge in [-0.1, -0.05) is 68.4 Å². The molecule has 192 valence electrons. The monoisotopic (exact) mass is 499 g/mol. The molecule has 2 atom stereocenters. The summed E-state index contributed by atoms with van der Waals surface area (Å²) in [5, 5.41) is 3.90. The van der Waals surface area contributed by atoms with Gasteiger partial charge in [-0.2, -0.15) is 0 Å². The summed E-state index contributed by atoms with van der Waals surface area (Å²) in [6, 6.07) is 18.0. The van der Waals surface area contributed by atoms with Gasteiger partial charge in [0.05, 0.1) is 39.1 Å². The Morgan fingerprint density at radius 2 is 1.60 bits per heavy atom. The first kappa shape index (κ1) is 28.9. The summed E-state index contributed by atoms with van der Waals surface area (Å²) < 4.78 is 24.2. The van der Waals surface area contributed by atoms with Gasteiger partial charge in [-0.25, -0.2) is 0 Å². The van der Waals surface area contributed by atoms with Crippen LogP contribution < -0.4 is 4.74 Å². The van der Waals surface area contributed by atoms with Gasteiger partial charge < -0.3 is 18.6 Å². The maximum absolute atomic E-state index is 9.00. The maximum Gasteiger partial charge on any atom is 0.192 e. The molecule has 0 spiro atoms. The summed E-state index contributed by atoms with van der Waals surface area (Å²) in [4.78, 5) is 3.00. The van der Waals surface area contributed by atoms with E-state index in [1.807, 2.05) is 54.6 Å². The third kappa shape index (κ3) is 10.0. The largest absolute Gasteiger partial charge is 0.497 e. The SMILES string of the molecule is COc1ccc(COCCC[C@@H](OCc2ccccc2)[C@H](CN=[N+]=[N-])O[Si](C)(C)C(C)(C)C)cc1. The number of hydrogen-bond donors (Lipinski definition) is 0. The highest BCUT2D eigenvalue weighted by Crippen LogP contribution is 2.38. The highest BCUT2D eigenvalue weighted by Gasteiger charge is 2.40. The lowest BCUT2D eigenvalue weighted by molar-refractivity contribution is -0.0445. The first-order valence-corrected chi connectivity index (χ1v) is 15.1. The number of hydrogen-bond acceptors (Lipinski definition) is 5. The molecule has 8 heteroatoms. The predicted molar refractivity (Wildman–Crippen MR) is 143 cm³/mol. The standard InChI is InChI=1S/C27H41N3O4Si/c1-27(2,3)35(5,6)34-26(19-29-30-28)25(33-21-22-11-8-7-9-12-22)13-10-18-32-20-23-14-16-24(31-4)17-15-23/h7-9,11-12,14-17,25-26H,10,13,18-21H2,1-6H3/t25-,26+/m1/s1. The van der Waals surface area contributed by atoms with Crippen molar-refractivity contribution < 1.29 is 18.6 Å². The van der Waals surface area contributed by atoms with Crippen LogP contribution in [-0.2, 0) is 27.1 Å². The van der Waals surface area contributed by atoms with Crippen molar-refractivity contribution in [2.45, 2.75) is 77.2 Å². The number of benzene rings is 2. The molecule has 0 N–H and O–H groups in total. The zero-order chi connectivity index (χ0) is 25.7. The molecular formula is C27H41N3O4Si. The van der Waals surface area contributed by atoms with Gasteiger partial charge in [-0.05, 0) is 59.8 Å². The molecule has 0 fully saturated rings. The smallest absolute Gasteiger partial charge is 0.192 e. The van der Waals surface area contributed by atoms with Gasteiger partial charge in [0.2, 0.25) is 0 Å². The molecule has 0 aliphatic heterocycles. The molecule has 0 radical (unpaired) electrons. The normalized spacial score (nSPS) is 13.7. The van der Waals surface area contributed by atoms with Crippen LogP contribution in [0.25, 0.3) is 10.4 Å². The molecule has 2 rings (SSSR count). The van der Waals surface area contributed by atoms with E-state index in [0.29, 0.717) is 19.8 Å². The van der Waals surface area contributed by atoms with Crippen molar-refractivity contribution in [3.05, 3.63) is 76.2 Å². The molecule has 35 heavy (non-hydrogen) atoms. The highest BCUT2D eigenvalue weighted by atomic mass is 28.4. The number of ether oxygens (including phenoxy) is 3. The van der Waals surface area contributed by atoms with Gasteiger partial charge in [0.15, 0.2) is 8.32 Å². The Morgan fingerprint density at radius 3 is 2.20 bits per heavy atom. The van der Waals surface area contributed by atoms with E-state index in [0.717, 1.165) is 29.7 Å². The predicted octanol–water partition coefficient (Wildman–Crippen LogP) is 7.28. The maximum atomic E-state index is 9.00. The summed E-state index contributed by atoms with van der Waals surface area (Å²) in [7, 11) is -0.442. The molecule has 2 aromatic rings. The Morgan fingerprint density at radius 1 is 0.943 bits per heavy atom. The van der Waals surface area contributed by atoms with Gasteiger partial charge >= 0.3 is 0 Å². The average Bonchev–Trinajstić information content (AvgIpc) is 2.83. The van der Waals surface area contributed by atoms with Crippen LogP contribution in [0, 0.1) is 0 Å². The lowest BCUT2D eigenvalue weighted by atomic mass is 10.1. The van der Waals surface area contributed by atoms with Crippen molar-refractivity contribution in [1.29, 1.82) is 0 Å². The summed E-state index contributed by atoms with van der Waals surface area (Å²) >= 11 is 0. The highest BCUT2D eigenvalue weighted by molar-refractivity contribution is 6.74. The van der Waals surface area contributed by atoms with Gasteiger partial charge in [0.25, 0.3) is 0 Å². The van der Waals surface area contributed by atoms with Crippen molar-refractivity contribution in [3.63, 3.8) is 0 Å². The van der Waals surface area contributed by atoms with Crippen molar-refractivity contribution >= 4 is 8.32 Å². The second-order valence-electron chi connectivity index (χ2n) is 10.2. The Balaban J connectivity index is 2.03. The first-order chi connectivity index (χ1) is 16.7. The summed E-state index contributed by atoms with van der Waals surface area (Å²) in [6.07, 6.45) is 1.04.